The molecule has 0 saturated carbocycles. The predicted octanol–water partition coefficient (Wildman–Crippen LogP) is 1.66. The topological polar surface area (TPSA) is 38.5 Å². The lowest BCUT2D eigenvalue weighted by Crippen LogP contribution is -2.52. The second kappa shape index (κ2) is 6.83. The van der Waals surface area contributed by atoms with E-state index in [-0.39, 0.29) is 11.4 Å². The molecule has 1 rings (SSSR count). The van der Waals surface area contributed by atoms with Gasteiger partial charge in [0.05, 0.1) is 6.61 Å². The van der Waals surface area contributed by atoms with Crippen LogP contribution in [-0.2, 0) is 11.2 Å². The van der Waals surface area contributed by atoms with E-state index in [0.717, 1.165) is 18.5 Å². The van der Waals surface area contributed by atoms with Crippen LogP contribution >= 0.6 is 0 Å². The van der Waals surface area contributed by atoms with Gasteiger partial charge < -0.3 is 10.5 Å². The Morgan fingerprint density at radius 1 is 1.33 bits per heavy atom. The molecule has 0 radical (unpaired) electrons. The van der Waals surface area contributed by atoms with Gasteiger partial charge in [0.25, 0.3) is 0 Å². The maximum absolute atomic E-state index is 12.9. The Hall–Kier alpha value is -0.970. The van der Waals surface area contributed by atoms with E-state index in [9.17, 15) is 4.39 Å². The van der Waals surface area contributed by atoms with Gasteiger partial charge in [0, 0.05) is 25.7 Å². The zero-order valence-corrected chi connectivity index (χ0v) is 11.4. The minimum atomic E-state index is -0.207. The molecule has 1 unspecified atom stereocenters. The first-order chi connectivity index (χ1) is 8.51. The quantitative estimate of drug-likeness (QED) is 0.804. The second-order valence-corrected chi connectivity index (χ2v) is 4.92. The third-order valence-corrected chi connectivity index (χ3v) is 3.49. The van der Waals surface area contributed by atoms with E-state index in [0.29, 0.717) is 13.2 Å². The molecule has 2 N–H and O–H groups in total. The Morgan fingerprint density at radius 3 is 2.44 bits per heavy atom. The molecule has 1 aromatic carbocycles. The highest BCUT2D eigenvalue weighted by atomic mass is 19.1. The highest BCUT2D eigenvalue weighted by Crippen LogP contribution is 2.18. The number of benzene rings is 1. The molecule has 0 bridgehead atoms. The summed E-state index contributed by atoms with van der Waals surface area (Å²) in [4.78, 5) is 2.19. The van der Waals surface area contributed by atoms with Gasteiger partial charge in [-0.2, -0.15) is 0 Å². The van der Waals surface area contributed by atoms with E-state index in [4.69, 9.17) is 10.5 Å². The van der Waals surface area contributed by atoms with Gasteiger partial charge in [-0.25, -0.2) is 4.39 Å². The van der Waals surface area contributed by atoms with Gasteiger partial charge in [-0.05, 0) is 38.1 Å². The highest BCUT2D eigenvalue weighted by Gasteiger charge is 2.27. The zero-order chi connectivity index (χ0) is 13.6. The normalized spacial score (nSPS) is 14.8. The van der Waals surface area contributed by atoms with Crippen molar-refractivity contribution in [2.24, 2.45) is 5.73 Å². The van der Waals surface area contributed by atoms with Gasteiger partial charge in [0.1, 0.15) is 5.82 Å². The van der Waals surface area contributed by atoms with Gasteiger partial charge in [0.2, 0.25) is 0 Å². The van der Waals surface area contributed by atoms with Crippen LogP contribution in [0, 0.1) is 5.82 Å². The van der Waals surface area contributed by atoms with E-state index in [1.807, 2.05) is 19.2 Å². The molecule has 0 aliphatic heterocycles. The number of halogens is 1. The van der Waals surface area contributed by atoms with Crippen molar-refractivity contribution in [3.63, 3.8) is 0 Å². The number of hydrogen-bond acceptors (Lipinski definition) is 3. The average molecular weight is 254 g/mol. The molecule has 0 aromatic heterocycles. The third kappa shape index (κ3) is 4.05. The monoisotopic (exact) mass is 254 g/mol. The van der Waals surface area contributed by atoms with Crippen molar-refractivity contribution in [1.29, 1.82) is 0 Å². The van der Waals surface area contributed by atoms with E-state index in [1.54, 1.807) is 7.11 Å². The SMILES string of the molecule is COCCN(C)C(C)(CN)Cc1ccc(F)cc1. The van der Waals surface area contributed by atoms with Gasteiger partial charge in [-0.15, -0.1) is 0 Å². The van der Waals surface area contributed by atoms with Crippen LogP contribution in [0.25, 0.3) is 0 Å². The minimum absolute atomic E-state index is 0.143. The highest BCUT2D eigenvalue weighted by molar-refractivity contribution is 5.19. The lowest BCUT2D eigenvalue weighted by Gasteiger charge is -2.38. The molecule has 0 heterocycles. The van der Waals surface area contributed by atoms with Crippen LogP contribution in [0.5, 0.6) is 0 Å². The Bertz CT molecular complexity index is 355. The number of likely N-dealkylation sites (N-methyl/N-ethyl adjacent to an activating group) is 1. The van der Waals surface area contributed by atoms with Crippen molar-refractivity contribution in [2.45, 2.75) is 18.9 Å². The number of nitrogens with zero attached hydrogens (tertiary/aromatic N) is 1. The first kappa shape index (κ1) is 15.1. The summed E-state index contributed by atoms with van der Waals surface area (Å²) in [6, 6.07) is 6.60. The largest absolute Gasteiger partial charge is 0.383 e. The summed E-state index contributed by atoms with van der Waals surface area (Å²) in [5, 5.41) is 0. The van der Waals surface area contributed by atoms with Gasteiger partial charge in [0.15, 0.2) is 0 Å². The molecule has 102 valence electrons. The summed E-state index contributed by atoms with van der Waals surface area (Å²) in [6.45, 7) is 4.16. The van der Waals surface area contributed by atoms with Gasteiger partial charge >= 0.3 is 0 Å². The molecule has 0 fully saturated rings. The molecule has 0 spiro atoms. The van der Waals surface area contributed by atoms with Crippen molar-refractivity contribution >= 4 is 0 Å². The Kier molecular flexibility index (Phi) is 5.72. The van der Waals surface area contributed by atoms with E-state index in [2.05, 4.69) is 11.8 Å². The number of ether oxygens (including phenoxy) is 1. The van der Waals surface area contributed by atoms with Crippen molar-refractivity contribution in [3.8, 4) is 0 Å². The zero-order valence-electron chi connectivity index (χ0n) is 11.4. The van der Waals surface area contributed by atoms with Crippen LogP contribution in [0.3, 0.4) is 0 Å². The van der Waals surface area contributed by atoms with Crippen LogP contribution in [0.2, 0.25) is 0 Å². The first-order valence-corrected chi connectivity index (χ1v) is 6.16. The molecule has 0 saturated heterocycles. The Morgan fingerprint density at radius 2 is 1.94 bits per heavy atom. The van der Waals surface area contributed by atoms with Crippen LogP contribution in [0.15, 0.2) is 24.3 Å². The summed E-state index contributed by atoms with van der Waals surface area (Å²) >= 11 is 0. The second-order valence-electron chi connectivity index (χ2n) is 4.92. The van der Waals surface area contributed by atoms with Gasteiger partial charge in [-0.3, -0.25) is 4.90 Å². The van der Waals surface area contributed by atoms with Crippen LogP contribution in [0.1, 0.15) is 12.5 Å². The average Bonchev–Trinajstić information content (AvgIpc) is 2.38. The van der Waals surface area contributed by atoms with E-state index in [1.165, 1.54) is 12.1 Å². The Labute approximate surface area is 109 Å². The number of rotatable bonds is 7. The molecular formula is C14H23FN2O. The first-order valence-electron chi connectivity index (χ1n) is 6.16. The molecule has 1 aromatic rings. The molecule has 18 heavy (non-hydrogen) atoms. The van der Waals surface area contributed by atoms with E-state index >= 15 is 0 Å². The summed E-state index contributed by atoms with van der Waals surface area (Å²) in [5.74, 6) is -0.207. The summed E-state index contributed by atoms with van der Waals surface area (Å²) in [6.07, 6.45) is 0.796. The molecule has 1 atom stereocenters. The van der Waals surface area contributed by atoms with Crippen LogP contribution < -0.4 is 5.73 Å². The summed E-state index contributed by atoms with van der Waals surface area (Å²) < 4.78 is 18.0. The minimum Gasteiger partial charge on any atom is -0.383 e. The predicted molar refractivity (Wildman–Crippen MR) is 72.1 cm³/mol. The van der Waals surface area contributed by atoms with Gasteiger partial charge in [-0.1, -0.05) is 12.1 Å². The number of nitrogens with two attached hydrogens (primary N) is 1. The fourth-order valence-corrected chi connectivity index (χ4v) is 1.90. The standard InChI is InChI=1S/C14H23FN2O/c1-14(11-16,17(2)8-9-18-3)10-12-4-6-13(15)7-5-12/h4-7H,8-11,16H2,1-3H3. The fraction of sp³-hybridized carbons (Fsp3) is 0.571. The van der Waals surface area contributed by atoms with Crippen LogP contribution in [-0.4, -0.2) is 44.3 Å². The van der Waals surface area contributed by atoms with Crippen molar-refractivity contribution in [2.75, 3.05) is 33.9 Å². The molecule has 0 aliphatic carbocycles. The van der Waals surface area contributed by atoms with Crippen molar-refractivity contribution < 1.29 is 9.13 Å². The van der Waals surface area contributed by atoms with Crippen LogP contribution in [0.4, 0.5) is 4.39 Å². The molecular weight excluding hydrogens is 231 g/mol. The summed E-state index contributed by atoms with van der Waals surface area (Å²) in [7, 11) is 3.73. The molecule has 0 amide bonds. The molecule has 0 aliphatic rings. The lowest BCUT2D eigenvalue weighted by atomic mass is 9.91. The maximum Gasteiger partial charge on any atom is 0.123 e. The fourth-order valence-electron chi connectivity index (χ4n) is 1.90. The third-order valence-electron chi connectivity index (χ3n) is 3.49. The van der Waals surface area contributed by atoms with E-state index < -0.39 is 0 Å². The molecule has 3 nitrogen and oxygen atoms in total. The number of hydrogen-bond donors (Lipinski definition) is 1. The smallest absolute Gasteiger partial charge is 0.123 e. The molecule has 4 heteroatoms. The summed E-state index contributed by atoms with van der Waals surface area (Å²) in [5.41, 5.74) is 6.85. The Balaban J connectivity index is 2.72. The van der Waals surface area contributed by atoms with Crippen molar-refractivity contribution in [1.82, 2.24) is 4.90 Å². The lowest BCUT2D eigenvalue weighted by molar-refractivity contribution is 0.0942. The van der Waals surface area contributed by atoms with Crippen molar-refractivity contribution in [3.05, 3.63) is 35.6 Å². The number of methoxy groups -OCH3 is 1. The maximum atomic E-state index is 12.9.